The molecule has 0 spiro atoms. The number of benzene rings is 1. The fraction of sp³-hybridized carbons (Fsp3) is 0.200. The van der Waals surface area contributed by atoms with E-state index < -0.39 is 0 Å². The Kier molecular flexibility index (Phi) is 5.01. The van der Waals surface area contributed by atoms with Gasteiger partial charge in [0.15, 0.2) is 0 Å². The standard InChI is InChI=1S/C15H17N3OS/c1-11-5-6-12(16)10-13(11)18-14(19)7-9-20-15-4-2-3-8-17-15/h2-6,8,10H,7,9,16H2,1H3,(H,18,19). The molecule has 1 aromatic carbocycles. The van der Waals surface area contributed by atoms with Crippen LogP contribution in [0, 0.1) is 6.92 Å². The number of hydrogen-bond donors (Lipinski definition) is 2. The highest BCUT2D eigenvalue weighted by atomic mass is 32.2. The van der Waals surface area contributed by atoms with Gasteiger partial charge in [0, 0.05) is 29.7 Å². The second-order valence-corrected chi connectivity index (χ2v) is 5.50. The monoisotopic (exact) mass is 287 g/mol. The van der Waals surface area contributed by atoms with Crippen molar-refractivity contribution in [2.75, 3.05) is 16.8 Å². The molecule has 1 amide bonds. The van der Waals surface area contributed by atoms with Gasteiger partial charge in [0.05, 0.1) is 5.03 Å². The Bertz CT molecular complexity index is 587. The van der Waals surface area contributed by atoms with Crippen molar-refractivity contribution in [3.8, 4) is 0 Å². The fourth-order valence-corrected chi connectivity index (χ4v) is 2.47. The highest BCUT2D eigenvalue weighted by Crippen LogP contribution is 2.19. The number of carbonyl (C=O) groups excluding carboxylic acids is 1. The molecule has 0 saturated carbocycles. The maximum Gasteiger partial charge on any atom is 0.225 e. The molecule has 0 aliphatic rings. The molecule has 5 heteroatoms. The summed E-state index contributed by atoms with van der Waals surface area (Å²) in [6.45, 7) is 1.94. The van der Waals surface area contributed by atoms with Gasteiger partial charge in [-0.25, -0.2) is 4.98 Å². The maximum absolute atomic E-state index is 11.9. The van der Waals surface area contributed by atoms with Gasteiger partial charge in [0.2, 0.25) is 5.91 Å². The summed E-state index contributed by atoms with van der Waals surface area (Å²) in [6, 6.07) is 11.2. The lowest BCUT2D eigenvalue weighted by Gasteiger charge is -2.09. The first-order valence-corrected chi connectivity index (χ1v) is 7.33. The zero-order valence-electron chi connectivity index (χ0n) is 11.3. The summed E-state index contributed by atoms with van der Waals surface area (Å²) in [7, 11) is 0. The second-order valence-electron chi connectivity index (χ2n) is 4.39. The van der Waals surface area contributed by atoms with Crippen LogP contribution in [0.25, 0.3) is 0 Å². The molecule has 1 heterocycles. The van der Waals surface area contributed by atoms with E-state index in [0.717, 1.165) is 16.3 Å². The number of aryl methyl sites for hydroxylation is 1. The van der Waals surface area contributed by atoms with Crippen LogP contribution >= 0.6 is 11.8 Å². The summed E-state index contributed by atoms with van der Waals surface area (Å²) < 4.78 is 0. The first kappa shape index (κ1) is 14.4. The lowest BCUT2D eigenvalue weighted by molar-refractivity contribution is -0.115. The summed E-state index contributed by atoms with van der Waals surface area (Å²) in [5.74, 6) is 0.687. The Balaban J connectivity index is 1.82. The normalized spacial score (nSPS) is 10.2. The van der Waals surface area contributed by atoms with Crippen LogP contribution in [0.4, 0.5) is 11.4 Å². The zero-order valence-corrected chi connectivity index (χ0v) is 12.1. The van der Waals surface area contributed by atoms with Crippen molar-refractivity contribution in [3.05, 3.63) is 48.2 Å². The predicted molar refractivity (Wildman–Crippen MR) is 83.8 cm³/mol. The van der Waals surface area contributed by atoms with E-state index in [0.29, 0.717) is 17.9 Å². The second kappa shape index (κ2) is 6.96. The average molecular weight is 287 g/mol. The molecule has 0 atom stereocenters. The lowest BCUT2D eigenvalue weighted by Crippen LogP contribution is -2.13. The molecule has 1 aromatic heterocycles. The van der Waals surface area contributed by atoms with Gasteiger partial charge in [-0.2, -0.15) is 0 Å². The van der Waals surface area contributed by atoms with Crippen molar-refractivity contribution in [1.29, 1.82) is 0 Å². The third kappa shape index (κ3) is 4.28. The molecule has 0 unspecified atom stereocenters. The molecule has 20 heavy (non-hydrogen) atoms. The highest BCUT2D eigenvalue weighted by molar-refractivity contribution is 7.99. The van der Waals surface area contributed by atoms with Crippen LogP contribution in [0.2, 0.25) is 0 Å². The first-order chi connectivity index (χ1) is 9.65. The number of aromatic nitrogens is 1. The summed E-state index contributed by atoms with van der Waals surface area (Å²) in [6.07, 6.45) is 2.19. The SMILES string of the molecule is Cc1ccc(N)cc1NC(=O)CCSc1ccccn1. The van der Waals surface area contributed by atoms with Gasteiger partial charge in [-0.1, -0.05) is 12.1 Å². The lowest BCUT2D eigenvalue weighted by atomic mass is 10.2. The minimum atomic E-state index is -0.0119. The van der Waals surface area contributed by atoms with E-state index in [1.54, 1.807) is 24.0 Å². The van der Waals surface area contributed by atoms with Crippen LogP contribution in [0.3, 0.4) is 0 Å². The molecule has 2 aromatic rings. The molecule has 0 radical (unpaired) electrons. The quantitative estimate of drug-likeness (QED) is 0.655. The van der Waals surface area contributed by atoms with Crippen molar-refractivity contribution in [3.63, 3.8) is 0 Å². The number of thioether (sulfide) groups is 1. The number of anilines is 2. The number of rotatable bonds is 5. The number of nitrogens with one attached hydrogen (secondary N) is 1. The van der Waals surface area contributed by atoms with Crippen LogP contribution in [0.15, 0.2) is 47.6 Å². The Hall–Kier alpha value is -2.01. The third-order valence-electron chi connectivity index (χ3n) is 2.75. The van der Waals surface area contributed by atoms with E-state index in [2.05, 4.69) is 10.3 Å². The molecule has 0 bridgehead atoms. The summed E-state index contributed by atoms with van der Waals surface area (Å²) in [5, 5.41) is 3.82. The van der Waals surface area contributed by atoms with E-state index in [1.807, 2.05) is 37.3 Å². The third-order valence-corrected chi connectivity index (χ3v) is 3.70. The minimum absolute atomic E-state index is 0.0119. The molecular weight excluding hydrogens is 270 g/mol. The molecule has 104 valence electrons. The van der Waals surface area contributed by atoms with Crippen molar-refractivity contribution in [1.82, 2.24) is 4.98 Å². The highest BCUT2D eigenvalue weighted by Gasteiger charge is 2.05. The Morgan fingerprint density at radius 1 is 1.35 bits per heavy atom. The minimum Gasteiger partial charge on any atom is -0.399 e. The number of pyridine rings is 1. The van der Waals surface area contributed by atoms with Crippen LogP contribution in [0.5, 0.6) is 0 Å². The summed E-state index contributed by atoms with van der Waals surface area (Å²) in [5.41, 5.74) is 8.14. The maximum atomic E-state index is 11.9. The van der Waals surface area contributed by atoms with Crippen molar-refractivity contribution < 1.29 is 4.79 Å². The number of hydrogen-bond acceptors (Lipinski definition) is 4. The number of nitrogen functional groups attached to an aromatic ring is 1. The number of nitrogens with two attached hydrogens (primary N) is 1. The summed E-state index contributed by atoms with van der Waals surface area (Å²) >= 11 is 1.57. The van der Waals surface area contributed by atoms with E-state index in [4.69, 9.17) is 5.73 Å². The van der Waals surface area contributed by atoms with Gasteiger partial charge in [-0.15, -0.1) is 11.8 Å². The Morgan fingerprint density at radius 3 is 2.95 bits per heavy atom. The predicted octanol–water partition coefficient (Wildman–Crippen LogP) is 3.09. The number of amides is 1. The smallest absolute Gasteiger partial charge is 0.225 e. The van der Waals surface area contributed by atoms with Gasteiger partial charge in [-0.05, 0) is 36.8 Å². The van der Waals surface area contributed by atoms with E-state index >= 15 is 0 Å². The molecular formula is C15H17N3OS. The summed E-state index contributed by atoms with van der Waals surface area (Å²) in [4.78, 5) is 16.1. The molecule has 2 rings (SSSR count). The van der Waals surface area contributed by atoms with Crippen LogP contribution < -0.4 is 11.1 Å². The van der Waals surface area contributed by atoms with Crippen molar-refractivity contribution >= 4 is 29.0 Å². The van der Waals surface area contributed by atoms with E-state index in [1.165, 1.54) is 0 Å². The van der Waals surface area contributed by atoms with Crippen molar-refractivity contribution in [2.45, 2.75) is 18.4 Å². The molecule has 0 fully saturated rings. The van der Waals surface area contributed by atoms with Gasteiger partial charge in [0.1, 0.15) is 0 Å². The molecule has 0 saturated heterocycles. The molecule has 4 nitrogen and oxygen atoms in total. The van der Waals surface area contributed by atoms with E-state index in [-0.39, 0.29) is 5.91 Å². The topological polar surface area (TPSA) is 68.0 Å². The molecule has 3 N–H and O–H groups in total. The molecule has 0 aliphatic carbocycles. The van der Waals surface area contributed by atoms with Gasteiger partial charge in [0.25, 0.3) is 0 Å². The van der Waals surface area contributed by atoms with Crippen LogP contribution in [-0.2, 0) is 4.79 Å². The first-order valence-electron chi connectivity index (χ1n) is 6.35. The van der Waals surface area contributed by atoms with Gasteiger partial charge >= 0.3 is 0 Å². The molecule has 0 aliphatic heterocycles. The van der Waals surface area contributed by atoms with Crippen LogP contribution in [0.1, 0.15) is 12.0 Å². The Morgan fingerprint density at radius 2 is 2.20 bits per heavy atom. The van der Waals surface area contributed by atoms with Gasteiger partial charge in [-0.3, -0.25) is 4.79 Å². The fourth-order valence-electron chi connectivity index (χ4n) is 1.67. The van der Waals surface area contributed by atoms with Gasteiger partial charge < -0.3 is 11.1 Å². The number of nitrogens with zero attached hydrogens (tertiary/aromatic N) is 1. The van der Waals surface area contributed by atoms with Crippen molar-refractivity contribution in [2.24, 2.45) is 0 Å². The zero-order chi connectivity index (χ0) is 14.4. The number of carbonyl (C=O) groups is 1. The van der Waals surface area contributed by atoms with Crippen LogP contribution in [-0.4, -0.2) is 16.6 Å². The average Bonchev–Trinajstić information content (AvgIpc) is 2.44. The van der Waals surface area contributed by atoms with E-state index in [9.17, 15) is 4.79 Å². The Labute approximate surface area is 122 Å². The largest absolute Gasteiger partial charge is 0.399 e.